The van der Waals surface area contributed by atoms with E-state index in [9.17, 15) is 0 Å². The van der Waals surface area contributed by atoms with Crippen LogP contribution in [-0.4, -0.2) is 22.2 Å². The Bertz CT molecular complexity index is 192. The van der Waals surface area contributed by atoms with Gasteiger partial charge < -0.3 is 0 Å². The van der Waals surface area contributed by atoms with Crippen LogP contribution in [0, 0.1) is 0 Å². The number of aromatic nitrogens is 3. The van der Waals surface area contributed by atoms with Gasteiger partial charge in [0, 0.05) is 0 Å². The normalized spacial score (nSPS) is 18.2. The van der Waals surface area contributed by atoms with Crippen LogP contribution in [-0.2, 0) is 4.94 Å². The first-order valence-electron chi connectivity index (χ1n) is 2.54. The fraction of sp³-hybridized carbons (Fsp3) is 0.500. The molecular formula is C2H4N6O2. The second-order valence-electron chi connectivity index (χ2n) is 1.58. The molecule has 8 nitrogen and oxygen atoms in total. The zero-order valence-electron chi connectivity index (χ0n) is 4.81. The number of anilines is 1. The van der Waals surface area contributed by atoms with Gasteiger partial charge in [-0.05, 0) is 5.16 Å². The Morgan fingerprint density at radius 2 is 2.60 bits per heavy atom. The molecule has 1 aliphatic heterocycles. The summed E-state index contributed by atoms with van der Waals surface area (Å²) in [4.78, 5) is 4.56. The smallest absolute Gasteiger partial charge is 0.231 e. The number of hydrogen-bond acceptors (Lipinski definition) is 8. The zero-order valence-corrected chi connectivity index (χ0v) is 4.81. The number of hydroxylamine groups is 1. The van der Waals surface area contributed by atoms with Gasteiger partial charge in [0.2, 0.25) is 0 Å². The van der Waals surface area contributed by atoms with Crippen LogP contribution in [0.1, 0.15) is 0 Å². The molecule has 0 atom stereocenters. The molecule has 1 aliphatic rings. The number of hydrogen-bond donors (Lipinski definition) is 2. The molecule has 0 spiro atoms. The van der Waals surface area contributed by atoms with E-state index in [1.165, 1.54) is 5.01 Å². The number of hydrazine groups is 1. The minimum absolute atomic E-state index is 0.324. The topological polar surface area (TPSA) is 88.3 Å². The largest absolute Gasteiger partial charge is 0.305 e. The lowest BCUT2D eigenvalue weighted by molar-refractivity contribution is 0.0197. The monoisotopic (exact) mass is 144 g/mol. The molecule has 2 N–H and O–H groups in total. The predicted molar refractivity (Wildman–Crippen MR) is 26.8 cm³/mol. The number of nitrogens with zero attached hydrogens (tertiary/aromatic N) is 4. The van der Waals surface area contributed by atoms with Gasteiger partial charge in [-0.15, -0.1) is 0 Å². The summed E-state index contributed by atoms with van der Waals surface area (Å²) in [7, 11) is 0. The van der Waals surface area contributed by atoms with E-state index in [4.69, 9.17) is 0 Å². The Balaban J connectivity index is 2.12. The van der Waals surface area contributed by atoms with Crippen LogP contribution < -0.4 is 16.1 Å². The summed E-state index contributed by atoms with van der Waals surface area (Å²) in [5, 5.41) is 11.6. The van der Waals surface area contributed by atoms with Crippen molar-refractivity contribution >= 4 is 5.95 Å². The van der Waals surface area contributed by atoms with Crippen LogP contribution in [0.25, 0.3) is 0 Å². The SMILES string of the molecule is C1NONN1c1nnon1. The van der Waals surface area contributed by atoms with E-state index >= 15 is 0 Å². The lowest BCUT2D eigenvalue weighted by atomic mass is 10.9. The highest BCUT2D eigenvalue weighted by atomic mass is 16.8. The molecule has 0 amide bonds. The van der Waals surface area contributed by atoms with E-state index in [2.05, 4.69) is 36.2 Å². The standard InChI is InChI=1S/C2H4N6O2/c1-3-9-7-8(1)2-4-6-10-5-2/h3,7H,1H2. The molecule has 0 aromatic carbocycles. The molecule has 2 heterocycles. The van der Waals surface area contributed by atoms with Gasteiger partial charge in [0.15, 0.2) is 0 Å². The Morgan fingerprint density at radius 3 is 3.20 bits per heavy atom. The molecule has 8 heteroatoms. The van der Waals surface area contributed by atoms with Gasteiger partial charge in [-0.3, -0.25) is 0 Å². The fourth-order valence-electron chi connectivity index (χ4n) is 0.559. The summed E-state index contributed by atoms with van der Waals surface area (Å²) in [6, 6.07) is 0. The molecule has 1 aromatic heterocycles. The fourth-order valence-corrected chi connectivity index (χ4v) is 0.559. The van der Waals surface area contributed by atoms with E-state index in [-0.39, 0.29) is 0 Å². The van der Waals surface area contributed by atoms with Crippen LogP contribution in [0.5, 0.6) is 0 Å². The highest BCUT2D eigenvalue weighted by molar-refractivity contribution is 5.21. The minimum atomic E-state index is 0.324. The maximum absolute atomic E-state index is 4.56. The molecule has 1 fully saturated rings. The third-order valence-electron chi connectivity index (χ3n) is 0.981. The Morgan fingerprint density at radius 1 is 1.60 bits per heavy atom. The zero-order chi connectivity index (χ0) is 6.81. The summed E-state index contributed by atoms with van der Waals surface area (Å²) in [5.74, 6) is 0.324. The molecule has 0 unspecified atom stereocenters. The maximum atomic E-state index is 4.56. The molecule has 10 heavy (non-hydrogen) atoms. The third kappa shape index (κ3) is 0.795. The first-order valence-corrected chi connectivity index (χ1v) is 2.54. The van der Waals surface area contributed by atoms with Crippen molar-refractivity contribution in [1.29, 1.82) is 0 Å². The van der Waals surface area contributed by atoms with Gasteiger partial charge in [0.1, 0.15) is 6.67 Å². The van der Waals surface area contributed by atoms with Crippen molar-refractivity contribution < 1.29 is 9.57 Å². The molecular weight excluding hydrogens is 140 g/mol. The molecule has 0 bridgehead atoms. The first-order chi connectivity index (χ1) is 4.97. The van der Waals surface area contributed by atoms with Gasteiger partial charge in [0.05, 0.1) is 5.27 Å². The van der Waals surface area contributed by atoms with Crippen LogP contribution >= 0.6 is 0 Å². The first kappa shape index (κ1) is 5.53. The van der Waals surface area contributed by atoms with Gasteiger partial charge in [-0.2, -0.15) is 10.4 Å². The lowest BCUT2D eigenvalue weighted by Gasteiger charge is -2.04. The van der Waals surface area contributed by atoms with Crippen molar-refractivity contribution in [2.75, 3.05) is 11.7 Å². The predicted octanol–water partition coefficient (Wildman–Crippen LogP) is -1.82. The Hall–Kier alpha value is -1.25. The van der Waals surface area contributed by atoms with E-state index in [1.54, 1.807) is 0 Å². The highest BCUT2D eigenvalue weighted by Gasteiger charge is 2.16. The van der Waals surface area contributed by atoms with Crippen LogP contribution in [0.3, 0.4) is 0 Å². The lowest BCUT2D eigenvalue weighted by Crippen LogP contribution is -2.30. The van der Waals surface area contributed by atoms with Crippen molar-refractivity contribution in [3.05, 3.63) is 0 Å². The average molecular weight is 144 g/mol. The second kappa shape index (κ2) is 2.17. The van der Waals surface area contributed by atoms with Crippen molar-refractivity contribution in [1.82, 2.24) is 26.6 Å². The molecule has 0 radical (unpaired) electrons. The van der Waals surface area contributed by atoms with Gasteiger partial charge >= 0.3 is 5.95 Å². The number of rotatable bonds is 1. The summed E-state index contributed by atoms with van der Waals surface area (Å²) < 4.78 is 4.25. The third-order valence-corrected chi connectivity index (χ3v) is 0.981. The quantitative estimate of drug-likeness (QED) is 0.476. The van der Waals surface area contributed by atoms with Crippen molar-refractivity contribution in [2.24, 2.45) is 0 Å². The molecule has 0 aliphatic carbocycles. The van der Waals surface area contributed by atoms with E-state index in [0.717, 1.165) is 0 Å². The Kier molecular flexibility index (Phi) is 1.20. The minimum Gasteiger partial charge on any atom is -0.231 e. The van der Waals surface area contributed by atoms with Gasteiger partial charge in [-0.25, -0.2) is 9.64 Å². The molecule has 0 saturated carbocycles. The maximum Gasteiger partial charge on any atom is 0.305 e. The number of nitrogens with one attached hydrogen (secondary N) is 2. The average Bonchev–Trinajstić information content (AvgIpc) is 2.59. The van der Waals surface area contributed by atoms with E-state index in [1.807, 2.05) is 0 Å². The van der Waals surface area contributed by atoms with E-state index < -0.39 is 0 Å². The van der Waals surface area contributed by atoms with Crippen LogP contribution in [0.4, 0.5) is 5.95 Å². The molecule has 1 saturated heterocycles. The van der Waals surface area contributed by atoms with Crippen LogP contribution in [0.15, 0.2) is 4.63 Å². The van der Waals surface area contributed by atoms with E-state index in [0.29, 0.717) is 12.6 Å². The molecule has 2 rings (SSSR count). The highest BCUT2D eigenvalue weighted by Crippen LogP contribution is 2.00. The van der Waals surface area contributed by atoms with Crippen molar-refractivity contribution in [3.63, 3.8) is 0 Å². The van der Waals surface area contributed by atoms with Gasteiger partial charge in [-0.1, -0.05) is 10.7 Å². The van der Waals surface area contributed by atoms with Crippen LogP contribution in [0.2, 0.25) is 0 Å². The van der Waals surface area contributed by atoms with Gasteiger partial charge in [0.25, 0.3) is 0 Å². The Labute approximate surface area is 55.0 Å². The summed E-state index contributed by atoms with van der Waals surface area (Å²) in [6.07, 6.45) is 0. The summed E-state index contributed by atoms with van der Waals surface area (Å²) in [5.41, 5.74) is 4.98. The summed E-state index contributed by atoms with van der Waals surface area (Å²) in [6.45, 7) is 0.446. The van der Waals surface area contributed by atoms with Crippen molar-refractivity contribution in [2.45, 2.75) is 0 Å². The van der Waals surface area contributed by atoms with Crippen molar-refractivity contribution in [3.8, 4) is 0 Å². The summed E-state index contributed by atoms with van der Waals surface area (Å²) >= 11 is 0. The second-order valence-corrected chi connectivity index (χ2v) is 1.58. The molecule has 1 aromatic rings. The molecule has 54 valence electrons.